The van der Waals surface area contributed by atoms with Crippen LogP contribution in [0.15, 0.2) is 138 Å². The molecule has 5 heteroatoms. The van der Waals surface area contributed by atoms with Gasteiger partial charge >= 0.3 is 6.85 Å². The van der Waals surface area contributed by atoms with E-state index in [9.17, 15) is 0 Å². The normalized spacial score (nSPS) is 15.0. The second-order valence-electron chi connectivity index (χ2n) is 23.8. The predicted molar refractivity (Wildman–Crippen MR) is 294 cm³/mol. The summed E-state index contributed by atoms with van der Waals surface area (Å²) >= 11 is 1.92. The quantitative estimate of drug-likeness (QED) is 0.153. The van der Waals surface area contributed by atoms with Gasteiger partial charge in [-0.3, -0.25) is 0 Å². The Balaban J connectivity index is 1.22. The number of hydrogen-bond acceptors (Lipinski definition) is 3. The molecule has 3 aromatic heterocycles. The maximum Gasteiger partial charge on any atom is 0.333 e. The second-order valence-corrected chi connectivity index (χ2v) is 24.8. The van der Waals surface area contributed by atoms with Crippen molar-refractivity contribution in [2.45, 2.75) is 97.8 Å². The molecule has 0 fully saturated rings. The first-order valence-electron chi connectivity index (χ1n) is 24.5. The number of aromatic nitrogens is 1. The molecule has 332 valence electrons. The molecule has 5 heterocycles. The van der Waals surface area contributed by atoms with E-state index in [0.717, 1.165) is 21.9 Å². The smallest absolute Gasteiger partial charge is 0.333 e. The van der Waals surface area contributed by atoms with Crippen LogP contribution < -0.4 is 15.7 Å². The molecule has 0 saturated carbocycles. The van der Waals surface area contributed by atoms with Crippen LogP contribution in [0.25, 0.3) is 91.9 Å². The summed E-state index contributed by atoms with van der Waals surface area (Å²) in [5.41, 5.74) is 22.6. The molecule has 0 N–H and O–H groups in total. The summed E-state index contributed by atoms with van der Waals surface area (Å²) in [6.45, 7) is 25.7. The lowest BCUT2D eigenvalue weighted by atomic mass is 9.43. The first-order chi connectivity index (χ1) is 32.4. The third-order valence-electron chi connectivity index (χ3n) is 16.2. The van der Waals surface area contributed by atoms with Gasteiger partial charge in [-0.05, 0) is 132 Å². The van der Waals surface area contributed by atoms with Crippen LogP contribution in [0.5, 0.6) is 0 Å². The minimum atomic E-state index is -0.291. The van der Waals surface area contributed by atoms with Crippen LogP contribution in [-0.2, 0) is 21.7 Å². The van der Waals surface area contributed by atoms with Gasteiger partial charge in [-0.1, -0.05) is 149 Å². The Morgan fingerprint density at radius 1 is 0.529 bits per heavy atom. The van der Waals surface area contributed by atoms with Gasteiger partial charge in [0.15, 0.2) is 0 Å². The molecule has 0 atom stereocenters. The third kappa shape index (κ3) is 5.21. The summed E-state index contributed by atoms with van der Waals surface area (Å²) in [6.07, 6.45) is 0. The highest BCUT2D eigenvalue weighted by molar-refractivity contribution is 7.26. The summed E-state index contributed by atoms with van der Waals surface area (Å²) in [5.74, 6) is 0. The molecule has 11 aromatic rings. The molecule has 0 saturated heterocycles. The van der Waals surface area contributed by atoms with Crippen LogP contribution >= 0.6 is 11.3 Å². The largest absolute Gasteiger partial charge is 0.456 e. The van der Waals surface area contributed by atoms with E-state index >= 15 is 0 Å². The maximum atomic E-state index is 7.05. The van der Waals surface area contributed by atoms with Crippen molar-refractivity contribution in [3.63, 3.8) is 0 Å². The molecule has 2 aliphatic heterocycles. The third-order valence-corrected chi connectivity index (χ3v) is 17.3. The van der Waals surface area contributed by atoms with E-state index in [1.54, 1.807) is 0 Å². The van der Waals surface area contributed by atoms with Gasteiger partial charge in [-0.25, -0.2) is 0 Å². The summed E-state index contributed by atoms with van der Waals surface area (Å²) in [7, 11) is 0. The number of anilines is 2. The van der Waals surface area contributed by atoms with E-state index in [4.69, 9.17) is 4.42 Å². The molecular weight excluding hydrogens is 844 g/mol. The van der Waals surface area contributed by atoms with Crippen molar-refractivity contribution in [3.05, 3.63) is 161 Å². The van der Waals surface area contributed by atoms with Crippen molar-refractivity contribution in [3.8, 4) is 27.9 Å². The topological polar surface area (TPSA) is 21.3 Å². The van der Waals surface area contributed by atoms with E-state index in [-0.39, 0.29) is 28.5 Å². The highest BCUT2D eigenvalue weighted by Gasteiger charge is 2.50. The van der Waals surface area contributed by atoms with Gasteiger partial charge in [0.25, 0.3) is 0 Å². The number of benzene rings is 8. The highest BCUT2D eigenvalue weighted by atomic mass is 32.1. The van der Waals surface area contributed by atoms with E-state index < -0.39 is 0 Å². The zero-order valence-electron chi connectivity index (χ0n) is 41.0. The number of rotatable bonds is 1. The van der Waals surface area contributed by atoms with Gasteiger partial charge in [0.2, 0.25) is 0 Å². The van der Waals surface area contributed by atoms with E-state index in [1.165, 1.54) is 120 Å². The van der Waals surface area contributed by atoms with Gasteiger partial charge < -0.3 is 13.8 Å². The molecule has 14 rings (SSSR count). The molecule has 0 spiro atoms. The number of furan rings is 1. The van der Waals surface area contributed by atoms with E-state index in [0.29, 0.717) is 0 Å². The van der Waals surface area contributed by atoms with Crippen molar-refractivity contribution in [2.75, 3.05) is 4.81 Å². The average molecular weight is 899 g/mol. The molecule has 0 amide bonds. The number of fused-ring (bicyclic) bond motifs is 19. The molecule has 1 aliphatic carbocycles. The summed E-state index contributed by atoms with van der Waals surface area (Å²) < 4.78 is 12.4. The van der Waals surface area contributed by atoms with Crippen molar-refractivity contribution in [1.29, 1.82) is 0 Å². The Bertz CT molecular complexity index is 4060. The second kappa shape index (κ2) is 12.9. The fourth-order valence-corrected chi connectivity index (χ4v) is 13.8. The van der Waals surface area contributed by atoms with Gasteiger partial charge in [-0.2, -0.15) is 0 Å². The lowest BCUT2D eigenvalue weighted by Crippen LogP contribution is -2.61. The molecular formula is C63H55BN2OS. The minimum Gasteiger partial charge on any atom is -0.456 e. The SMILES string of the molecule is CC(C)(C)c1ccc(N2B3c4cc5sc6ccccc6c5cc4-n4c5ccc(C(C)(C)C)cc5c5c6c(c(c3c54)-c3cc4oc5cc(C(C)(C)C)ccc5c4cc32)C(C)(C)c2ccccc2-6)cc1. The fraction of sp³-hybridized carbons (Fsp3) is 0.238. The molecule has 8 aromatic carbocycles. The lowest BCUT2D eigenvalue weighted by Gasteiger charge is -2.43. The zero-order chi connectivity index (χ0) is 46.7. The van der Waals surface area contributed by atoms with Crippen LogP contribution in [0.3, 0.4) is 0 Å². The Morgan fingerprint density at radius 3 is 1.96 bits per heavy atom. The van der Waals surface area contributed by atoms with Gasteiger partial charge in [0.05, 0.1) is 11.0 Å². The molecule has 68 heavy (non-hydrogen) atoms. The first-order valence-corrected chi connectivity index (χ1v) is 25.3. The summed E-state index contributed by atoms with van der Waals surface area (Å²) in [4.78, 5) is 2.71. The predicted octanol–water partition coefficient (Wildman–Crippen LogP) is 16.5. The highest BCUT2D eigenvalue weighted by Crippen LogP contribution is 2.60. The standard InChI is InChI=1S/C63H55BN2OS/c1-60(2,3)34-20-24-37(25-21-34)66-48-30-41-38-26-22-36(62(7,8)9)29-50(38)67-51(41)32-44(48)56-57-54(40-17-12-14-18-45(40)63(57,10)11)55-43-28-35(61(4,5)6)23-27-47(43)65-49-31-42-39-16-13-15-19-52(39)68-53(42)33-46(49)64(66)58(56)59(55)65/h12-33H,1-11H3. The minimum absolute atomic E-state index is 0.00429. The van der Waals surface area contributed by atoms with E-state index in [1.807, 2.05) is 11.3 Å². The number of nitrogens with zero attached hydrogens (tertiary/aromatic N) is 2. The summed E-state index contributed by atoms with van der Waals surface area (Å²) in [6, 6.07) is 52.0. The van der Waals surface area contributed by atoms with Gasteiger partial charge in [0, 0.05) is 69.8 Å². The Morgan fingerprint density at radius 2 is 1.19 bits per heavy atom. The fourth-order valence-electron chi connectivity index (χ4n) is 12.7. The van der Waals surface area contributed by atoms with Crippen LogP contribution in [0.4, 0.5) is 11.4 Å². The monoisotopic (exact) mass is 898 g/mol. The van der Waals surface area contributed by atoms with Gasteiger partial charge in [0.1, 0.15) is 11.2 Å². The summed E-state index contributed by atoms with van der Waals surface area (Å²) in [5, 5.41) is 7.65. The lowest BCUT2D eigenvalue weighted by molar-refractivity contribution is 0.587. The van der Waals surface area contributed by atoms with Crippen molar-refractivity contribution < 1.29 is 4.42 Å². The molecule has 0 radical (unpaired) electrons. The molecule has 0 unspecified atom stereocenters. The Kier molecular flexibility index (Phi) is 7.71. The van der Waals surface area contributed by atoms with Crippen LogP contribution in [0.1, 0.15) is 104 Å². The van der Waals surface area contributed by atoms with Crippen molar-refractivity contribution in [2.24, 2.45) is 0 Å². The van der Waals surface area contributed by atoms with Gasteiger partial charge in [-0.15, -0.1) is 11.3 Å². The van der Waals surface area contributed by atoms with Crippen molar-refractivity contribution in [1.82, 2.24) is 4.57 Å². The first kappa shape index (κ1) is 40.5. The zero-order valence-corrected chi connectivity index (χ0v) is 41.8. The Labute approximate surface area is 403 Å². The maximum absolute atomic E-state index is 7.05. The van der Waals surface area contributed by atoms with Crippen molar-refractivity contribution >= 4 is 104 Å². The van der Waals surface area contributed by atoms with E-state index in [2.05, 4.69) is 219 Å². The molecule has 3 nitrogen and oxygen atoms in total. The van der Waals surface area contributed by atoms with Crippen LogP contribution in [0, 0.1) is 0 Å². The number of thiophene rings is 1. The average Bonchev–Trinajstić information content (AvgIpc) is 4.02. The molecule has 3 aliphatic rings. The molecule has 0 bridgehead atoms. The van der Waals surface area contributed by atoms with Crippen LogP contribution in [-0.4, -0.2) is 11.4 Å². The Hall–Kier alpha value is -6.56. The van der Waals surface area contributed by atoms with Crippen LogP contribution in [0.2, 0.25) is 0 Å². The number of hydrogen-bond donors (Lipinski definition) is 0.